The van der Waals surface area contributed by atoms with Crippen LogP contribution in [-0.2, 0) is 0 Å². The Morgan fingerprint density at radius 2 is 1.55 bits per heavy atom. The van der Waals surface area contributed by atoms with Gasteiger partial charge < -0.3 is 0 Å². The van der Waals surface area contributed by atoms with Gasteiger partial charge in [-0.3, -0.25) is 0 Å². The van der Waals surface area contributed by atoms with E-state index in [0.717, 1.165) is 12.8 Å². The van der Waals surface area contributed by atoms with Crippen LogP contribution in [0.25, 0.3) is 0 Å². The summed E-state index contributed by atoms with van der Waals surface area (Å²) in [6.07, 6.45) is 3.39. The molecule has 0 N–H and O–H groups in total. The van der Waals surface area contributed by atoms with Gasteiger partial charge in [0.15, 0.2) is 0 Å². The van der Waals surface area contributed by atoms with E-state index in [4.69, 9.17) is 11.6 Å². The lowest BCUT2D eigenvalue weighted by molar-refractivity contribution is 0.314. The van der Waals surface area contributed by atoms with Gasteiger partial charge in [0.25, 0.3) is 0 Å². The summed E-state index contributed by atoms with van der Waals surface area (Å²) in [5.41, 5.74) is 0.353. The fourth-order valence-corrected chi connectivity index (χ4v) is 2.31. The topological polar surface area (TPSA) is 0 Å². The van der Waals surface area contributed by atoms with Crippen LogP contribution in [-0.4, -0.2) is 4.87 Å². The number of alkyl halides is 1. The van der Waals surface area contributed by atoms with E-state index in [9.17, 15) is 0 Å². The molecule has 1 atom stereocenters. The Morgan fingerprint density at radius 3 is 1.82 bits per heavy atom. The van der Waals surface area contributed by atoms with Crippen molar-refractivity contribution in [1.82, 2.24) is 0 Å². The first-order valence-electron chi connectivity index (χ1n) is 4.46. The monoisotopic (exact) mass is 176 g/mol. The van der Waals surface area contributed by atoms with Crippen molar-refractivity contribution in [2.75, 3.05) is 0 Å². The normalized spacial score (nSPS) is 18.0. The number of hydrogen-bond acceptors (Lipinski definition) is 0. The Balaban J connectivity index is 3.91. The predicted octanol–water partition coefficient (Wildman–Crippen LogP) is 4.22. The lowest BCUT2D eigenvalue weighted by Crippen LogP contribution is -2.24. The lowest BCUT2D eigenvalue weighted by atomic mass is 9.83. The van der Waals surface area contributed by atoms with Gasteiger partial charge >= 0.3 is 0 Å². The van der Waals surface area contributed by atoms with Crippen molar-refractivity contribution in [2.45, 2.75) is 58.8 Å². The van der Waals surface area contributed by atoms with Crippen molar-refractivity contribution in [2.24, 2.45) is 5.41 Å². The van der Waals surface area contributed by atoms with Gasteiger partial charge in [0.05, 0.1) is 0 Å². The molecule has 68 valence electrons. The van der Waals surface area contributed by atoms with Gasteiger partial charge in [-0.2, -0.15) is 0 Å². The van der Waals surface area contributed by atoms with Crippen LogP contribution < -0.4 is 0 Å². The van der Waals surface area contributed by atoms with Gasteiger partial charge in [-0.15, -0.1) is 11.6 Å². The maximum Gasteiger partial charge on any atom is 0.0423 e. The minimum atomic E-state index is 0.00694. The molecule has 0 aromatic heterocycles. The van der Waals surface area contributed by atoms with E-state index < -0.39 is 0 Å². The Labute approximate surface area is 76.3 Å². The highest BCUT2D eigenvalue weighted by molar-refractivity contribution is 6.23. The smallest absolute Gasteiger partial charge is 0.0423 e. The van der Waals surface area contributed by atoms with Gasteiger partial charge in [0.1, 0.15) is 0 Å². The molecule has 0 aliphatic rings. The zero-order chi connectivity index (χ0) is 9.12. The molecule has 0 radical (unpaired) electrons. The summed E-state index contributed by atoms with van der Waals surface area (Å²) in [6, 6.07) is 0. The van der Waals surface area contributed by atoms with Crippen LogP contribution in [0, 0.1) is 5.41 Å². The molecule has 0 spiro atoms. The van der Waals surface area contributed by atoms with Gasteiger partial charge in [-0.25, -0.2) is 0 Å². The third-order valence-corrected chi connectivity index (χ3v) is 1.99. The molecule has 1 unspecified atom stereocenters. The van der Waals surface area contributed by atoms with Crippen molar-refractivity contribution in [3.8, 4) is 0 Å². The van der Waals surface area contributed by atoms with Crippen LogP contribution in [0.5, 0.6) is 0 Å². The van der Waals surface area contributed by atoms with Gasteiger partial charge in [-0.05, 0) is 25.2 Å². The van der Waals surface area contributed by atoms with Crippen molar-refractivity contribution < 1.29 is 0 Å². The van der Waals surface area contributed by atoms with Crippen LogP contribution >= 0.6 is 11.6 Å². The quantitative estimate of drug-likeness (QED) is 0.565. The molecule has 0 aliphatic heterocycles. The van der Waals surface area contributed by atoms with E-state index in [-0.39, 0.29) is 4.87 Å². The summed E-state index contributed by atoms with van der Waals surface area (Å²) in [5, 5.41) is 0. The third kappa shape index (κ3) is 6.68. The maximum atomic E-state index is 6.32. The van der Waals surface area contributed by atoms with E-state index in [1.807, 2.05) is 0 Å². The highest BCUT2D eigenvalue weighted by atomic mass is 35.5. The minimum absolute atomic E-state index is 0.00694. The molecule has 0 rings (SSSR count). The summed E-state index contributed by atoms with van der Waals surface area (Å²) in [6.45, 7) is 11.0. The molecule has 0 saturated carbocycles. The number of halogens is 1. The highest BCUT2D eigenvalue weighted by Gasteiger charge is 2.26. The van der Waals surface area contributed by atoms with Crippen molar-refractivity contribution in [3.05, 3.63) is 0 Å². The first-order chi connectivity index (χ1) is 4.77. The Morgan fingerprint density at radius 1 is 1.09 bits per heavy atom. The highest BCUT2D eigenvalue weighted by Crippen LogP contribution is 2.34. The van der Waals surface area contributed by atoms with Gasteiger partial charge in [0.2, 0.25) is 0 Å². The summed E-state index contributed by atoms with van der Waals surface area (Å²) < 4.78 is 0. The molecule has 0 fully saturated rings. The molecule has 0 nitrogen and oxygen atoms in total. The van der Waals surface area contributed by atoms with E-state index in [1.54, 1.807) is 0 Å². The zero-order valence-electron chi connectivity index (χ0n) is 8.50. The van der Waals surface area contributed by atoms with E-state index in [0.29, 0.717) is 5.41 Å². The van der Waals surface area contributed by atoms with Crippen LogP contribution in [0.4, 0.5) is 0 Å². The molecule has 0 bridgehead atoms. The van der Waals surface area contributed by atoms with E-state index >= 15 is 0 Å². The molecule has 0 aromatic carbocycles. The first kappa shape index (κ1) is 11.3. The summed E-state index contributed by atoms with van der Waals surface area (Å²) in [4.78, 5) is 0.00694. The van der Waals surface area contributed by atoms with Crippen molar-refractivity contribution in [3.63, 3.8) is 0 Å². The van der Waals surface area contributed by atoms with Crippen molar-refractivity contribution >= 4 is 11.6 Å². The molecular formula is C10H21Cl. The molecule has 1 heteroatoms. The number of rotatable bonds is 3. The molecule has 0 heterocycles. The Hall–Kier alpha value is 0.290. The summed E-state index contributed by atoms with van der Waals surface area (Å²) in [5.74, 6) is 0. The second-order valence-electron chi connectivity index (χ2n) is 4.90. The molecule has 11 heavy (non-hydrogen) atoms. The average Bonchev–Trinajstić information content (AvgIpc) is 1.55. The summed E-state index contributed by atoms with van der Waals surface area (Å²) in [7, 11) is 0. The molecule has 0 saturated heterocycles. The molecule has 0 amide bonds. The fraction of sp³-hybridized carbons (Fsp3) is 1.00. The van der Waals surface area contributed by atoms with Gasteiger partial charge in [0, 0.05) is 4.87 Å². The van der Waals surface area contributed by atoms with Crippen LogP contribution in [0.15, 0.2) is 0 Å². The minimum Gasteiger partial charge on any atom is -0.120 e. The van der Waals surface area contributed by atoms with Gasteiger partial charge in [-0.1, -0.05) is 34.1 Å². The van der Waals surface area contributed by atoms with Crippen LogP contribution in [0.2, 0.25) is 0 Å². The Bertz CT molecular complexity index is 109. The predicted molar refractivity (Wildman–Crippen MR) is 53.2 cm³/mol. The standard InChI is InChI=1S/C10H21Cl/c1-6-7-10(5,11)8-9(2,3)4/h6-8H2,1-5H3. The average molecular weight is 177 g/mol. The molecular weight excluding hydrogens is 156 g/mol. The zero-order valence-corrected chi connectivity index (χ0v) is 9.26. The lowest BCUT2D eigenvalue weighted by Gasteiger charge is -2.29. The SMILES string of the molecule is CCCC(C)(Cl)CC(C)(C)C. The fourth-order valence-electron chi connectivity index (χ4n) is 1.72. The maximum absolute atomic E-state index is 6.32. The second-order valence-corrected chi connectivity index (χ2v) is 5.81. The number of hydrogen-bond donors (Lipinski definition) is 0. The van der Waals surface area contributed by atoms with E-state index in [2.05, 4.69) is 34.6 Å². The Kier molecular flexibility index (Phi) is 3.90. The molecule has 0 aliphatic carbocycles. The largest absolute Gasteiger partial charge is 0.120 e. The van der Waals surface area contributed by atoms with Crippen LogP contribution in [0.3, 0.4) is 0 Å². The summed E-state index contributed by atoms with van der Waals surface area (Å²) >= 11 is 6.32. The first-order valence-corrected chi connectivity index (χ1v) is 4.83. The third-order valence-electron chi connectivity index (χ3n) is 1.67. The molecule has 0 aromatic rings. The van der Waals surface area contributed by atoms with Crippen molar-refractivity contribution in [1.29, 1.82) is 0 Å². The van der Waals surface area contributed by atoms with E-state index in [1.165, 1.54) is 6.42 Å². The van der Waals surface area contributed by atoms with Crippen LogP contribution in [0.1, 0.15) is 53.9 Å². The second kappa shape index (κ2) is 3.80.